The Balaban J connectivity index is 2.01. The van der Waals surface area contributed by atoms with Crippen LogP contribution in [-0.2, 0) is 0 Å². The lowest BCUT2D eigenvalue weighted by Gasteiger charge is -2.33. The molecule has 96 valence electrons. The Bertz CT molecular complexity index is 455. The van der Waals surface area contributed by atoms with Gasteiger partial charge in [0.2, 0.25) is 5.95 Å². The molecule has 0 radical (unpaired) electrons. The monoisotopic (exact) mass is 244 g/mol. The van der Waals surface area contributed by atoms with Crippen LogP contribution in [0.3, 0.4) is 0 Å². The molecule has 0 saturated heterocycles. The fraction of sp³-hybridized carbons (Fsp3) is 0.643. The number of nitriles is 1. The third-order valence-corrected chi connectivity index (χ3v) is 3.70. The molecule has 1 N–H and O–H groups in total. The second-order valence-corrected chi connectivity index (χ2v) is 5.55. The molecule has 0 atom stereocenters. The maximum atomic E-state index is 8.89. The van der Waals surface area contributed by atoms with Crippen molar-refractivity contribution in [2.45, 2.75) is 46.0 Å². The second kappa shape index (κ2) is 5.34. The predicted octanol–water partition coefficient (Wildman–Crippen LogP) is 3.04. The van der Waals surface area contributed by atoms with E-state index in [9.17, 15) is 0 Å². The molecule has 0 unspecified atom stereocenters. The normalized spacial score (nSPS) is 18.1. The number of nitrogens with zero attached hydrogens (tertiary/aromatic N) is 3. The number of hydrogen-bond donors (Lipinski definition) is 1. The minimum atomic E-state index is 0.345. The Hall–Kier alpha value is -1.63. The predicted molar refractivity (Wildman–Crippen MR) is 71.2 cm³/mol. The number of anilines is 1. The van der Waals surface area contributed by atoms with Crippen LogP contribution in [0.1, 0.15) is 50.4 Å². The minimum absolute atomic E-state index is 0.345. The van der Waals surface area contributed by atoms with E-state index in [1.807, 2.05) is 6.92 Å². The second-order valence-electron chi connectivity index (χ2n) is 5.55. The highest BCUT2D eigenvalue weighted by molar-refractivity contribution is 5.33. The van der Waals surface area contributed by atoms with Gasteiger partial charge < -0.3 is 5.32 Å². The summed E-state index contributed by atoms with van der Waals surface area (Å²) in [6.07, 6.45) is 6.51. The van der Waals surface area contributed by atoms with Crippen molar-refractivity contribution >= 4 is 5.95 Å². The summed E-state index contributed by atoms with van der Waals surface area (Å²) in [5, 5.41) is 12.2. The topological polar surface area (TPSA) is 61.6 Å². The first-order valence-corrected chi connectivity index (χ1v) is 6.61. The van der Waals surface area contributed by atoms with Crippen LogP contribution in [0.15, 0.2) is 6.07 Å². The van der Waals surface area contributed by atoms with Gasteiger partial charge in [0.05, 0.1) is 0 Å². The van der Waals surface area contributed by atoms with E-state index in [1.54, 1.807) is 6.07 Å². The highest BCUT2D eigenvalue weighted by Crippen LogP contribution is 2.35. The van der Waals surface area contributed by atoms with Crippen LogP contribution in [0.4, 0.5) is 5.95 Å². The smallest absolute Gasteiger partial charge is 0.224 e. The van der Waals surface area contributed by atoms with Crippen molar-refractivity contribution < 1.29 is 0 Å². The molecule has 0 bridgehead atoms. The van der Waals surface area contributed by atoms with Crippen molar-refractivity contribution in [1.29, 1.82) is 5.26 Å². The number of hydrogen-bond acceptors (Lipinski definition) is 4. The lowest BCUT2D eigenvalue weighted by atomic mass is 9.76. The molecule has 18 heavy (non-hydrogen) atoms. The van der Waals surface area contributed by atoms with Gasteiger partial charge in [-0.3, -0.25) is 0 Å². The summed E-state index contributed by atoms with van der Waals surface area (Å²) in [4.78, 5) is 8.51. The Labute approximate surface area is 108 Å². The number of aromatic nitrogens is 2. The summed E-state index contributed by atoms with van der Waals surface area (Å²) in [5.74, 6) is 0.582. The fourth-order valence-corrected chi connectivity index (χ4v) is 2.58. The fourth-order valence-electron chi connectivity index (χ4n) is 2.58. The minimum Gasteiger partial charge on any atom is -0.354 e. The Morgan fingerprint density at radius 1 is 1.33 bits per heavy atom. The van der Waals surface area contributed by atoms with Gasteiger partial charge in [-0.25, -0.2) is 9.97 Å². The number of aryl methyl sites for hydroxylation is 1. The molecule has 4 heteroatoms. The van der Waals surface area contributed by atoms with E-state index in [4.69, 9.17) is 5.26 Å². The van der Waals surface area contributed by atoms with Crippen molar-refractivity contribution in [3.05, 3.63) is 17.5 Å². The van der Waals surface area contributed by atoms with Gasteiger partial charge in [0, 0.05) is 12.2 Å². The van der Waals surface area contributed by atoms with Gasteiger partial charge in [0.25, 0.3) is 0 Å². The highest BCUT2D eigenvalue weighted by atomic mass is 15.1. The van der Waals surface area contributed by atoms with Crippen molar-refractivity contribution in [3.8, 4) is 6.07 Å². The zero-order valence-electron chi connectivity index (χ0n) is 11.2. The largest absolute Gasteiger partial charge is 0.354 e. The number of nitrogens with one attached hydrogen (secondary N) is 1. The summed E-state index contributed by atoms with van der Waals surface area (Å²) >= 11 is 0. The average molecular weight is 244 g/mol. The van der Waals surface area contributed by atoms with Crippen LogP contribution in [0, 0.1) is 23.7 Å². The van der Waals surface area contributed by atoms with E-state index in [1.165, 1.54) is 32.1 Å². The standard InChI is InChI=1S/C14H20N4/c1-11-8-12(9-15)18-13(17-11)16-10-14(2)6-4-3-5-7-14/h8H,3-7,10H2,1-2H3,(H,16,17,18). The van der Waals surface area contributed by atoms with Crippen molar-refractivity contribution in [3.63, 3.8) is 0 Å². The molecule has 0 aliphatic heterocycles. The van der Waals surface area contributed by atoms with Crippen molar-refractivity contribution in [2.24, 2.45) is 5.41 Å². The van der Waals surface area contributed by atoms with Crippen LogP contribution in [-0.4, -0.2) is 16.5 Å². The molecule has 4 nitrogen and oxygen atoms in total. The summed E-state index contributed by atoms with van der Waals surface area (Å²) in [5.41, 5.74) is 1.61. The van der Waals surface area contributed by atoms with E-state index in [-0.39, 0.29) is 0 Å². The molecular formula is C14H20N4. The Morgan fingerprint density at radius 2 is 2.06 bits per heavy atom. The molecule has 0 amide bonds. The van der Waals surface area contributed by atoms with Crippen molar-refractivity contribution in [1.82, 2.24) is 9.97 Å². The van der Waals surface area contributed by atoms with E-state index in [0.29, 0.717) is 17.1 Å². The molecule has 1 heterocycles. The van der Waals surface area contributed by atoms with Crippen LogP contribution in [0.25, 0.3) is 0 Å². The first-order valence-electron chi connectivity index (χ1n) is 6.61. The SMILES string of the molecule is Cc1cc(C#N)nc(NCC2(C)CCCCC2)n1. The first kappa shape index (κ1) is 12.8. The van der Waals surface area contributed by atoms with Gasteiger partial charge in [0.15, 0.2) is 0 Å². The van der Waals surface area contributed by atoms with Gasteiger partial charge in [-0.2, -0.15) is 5.26 Å². The van der Waals surface area contributed by atoms with Gasteiger partial charge in [-0.15, -0.1) is 0 Å². The lowest BCUT2D eigenvalue weighted by molar-refractivity contribution is 0.233. The zero-order valence-corrected chi connectivity index (χ0v) is 11.2. The van der Waals surface area contributed by atoms with Crippen LogP contribution in [0.2, 0.25) is 0 Å². The molecule has 1 aliphatic carbocycles. The zero-order chi connectivity index (χ0) is 13.0. The summed E-state index contributed by atoms with van der Waals surface area (Å²) < 4.78 is 0. The van der Waals surface area contributed by atoms with Crippen LogP contribution in [0.5, 0.6) is 0 Å². The van der Waals surface area contributed by atoms with Gasteiger partial charge in [0.1, 0.15) is 11.8 Å². The first-order chi connectivity index (χ1) is 8.61. The van der Waals surface area contributed by atoms with Crippen LogP contribution >= 0.6 is 0 Å². The molecule has 0 aromatic carbocycles. The van der Waals surface area contributed by atoms with Crippen molar-refractivity contribution in [2.75, 3.05) is 11.9 Å². The van der Waals surface area contributed by atoms with Gasteiger partial charge in [-0.1, -0.05) is 26.2 Å². The lowest BCUT2D eigenvalue weighted by Crippen LogP contribution is -2.29. The van der Waals surface area contributed by atoms with E-state index in [2.05, 4.69) is 28.3 Å². The number of rotatable bonds is 3. The quantitative estimate of drug-likeness (QED) is 0.887. The molecular weight excluding hydrogens is 224 g/mol. The van der Waals surface area contributed by atoms with E-state index in [0.717, 1.165) is 12.2 Å². The average Bonchev–Trinajstić information content (AvgIpc) is 2.37. The van der Waals surface area contributed by atoms with E-state index < -0.39 is 0 Å². The van der Waals surface area contributed by atoms with Gasteiger partial charge in [-0.05, 0) is 31.2 Å². The molecule has 0 spiro atoms. The summed E-state index contributed by atoms with van der Waals surface area (Å²) in [7, 11) is 0. The Kier molecular flexibility index (Phi) is 3.81. The third kappa shape index (κ3) is 3.19. The molecule has 1 saturated carbocycles. The molecule has 2 rings (SSSR count). The van der Waals surface area contributed by atoms with Gasteiger partial charge >= 0.3 is 0 Å². The van der Waals surface area contributed by atoms with Crippen LogP contribution < -0.4 is 5.32 Å². The maximum Gasteiger partial charge on any atom is 0.224 e. The third-order valence-electron chi connectivity index (χ3n) is 3.70. The maximum absolute atomic E-state index is 8.89. The molecule has 1 fully saturated rings. The highest BCUT2D eigenvalue weighted by Gasteiger charge is 2.26. The Morgan fingerprint density at radius 3 is 2.72 bits per heavy atom. The summed E-state index contributed by atoms with van der Waals surface area (Å²) in [6.45, 7) is 5.09. The molecule has 1 aliphatic rings. The molecule has 1 aromatic rings. The van der Waals surface area contributed by atoms with E-state index >= 15 is 0 Å². The molecule has 1 aromatic heterocycles. The summed E-state index contributed by atoms with van der Waals surface area (Å²) in [6, 6.07) is 3.77.